The molecule has 26 heavy (non-hydrogen) atoms. The van der Waals surface area contributed by atoms with Gasteiger partial charge in [0.05, 0.1) is 19.2 Å². The number of anilines is 2. The van der Waals surface area contributed by atoms with Gasteiger partial charge in [-0.05, 0) is 54.8 Å². The summed E-state index contributed by atoms with van der Waals surface area (Å²) >= 11 is 3.50. The Morgan fingerprint density at radius 1 is 1.23 bits per heavy atom. The Balaban J connectivity index is 2.19. The predicted octanol–water partition coefficient (Wildman–Crippen LogP) is 4.38. The zero-order valence-electron chi connectivity index (χ0n) is 15.0. The second-order valence-electron chi connectivity index (χ2n) is 5.83. The van der Waals surface area contributed by atoms with Crippen molar-refractivity contribution >= 4 is 39.1 Å². The number of carbonyl (C=O) groups excluding carboxylic acids is 2. The first kappa shape index (κ1) is 19.7. The highest BCUT2D eigenvalue weighted by atomic mass is 79.9. The largest absolute Gasteiger partial charge is 0.494 e. The van der Waals surface area contributed by atoms with E-state index < -0.39 is 0 Å². The molecule has 0 heterocycles. The number of halogens is 1. The molecule has 2 N–H and O–H groups in total. The van der Waals surface area contributed by atoms with E-state index in [0.717, 1.165) is 21.2 Å². The quantitative estimate of drug-likeness (QED) is 0.686. The van der Waals surface area contributed by atoms with Gasteiger partial charge in [0.1, 0.15) is 5.75 Å². The predicted molar refractivity (Wildman–Crippen MR) is 108 cm³/mol. The van der Waals surface area contributed by atoms with Crippen LogP contribution in [0.4, 0.5) is 11.4 Å². The lowest BCUT2D eigenvalue weighted by molar-refractivity contribution is -0.115. The minimum absolute atomic E-state index is 0.170. The van der Waals surface area contributed by atoms with Crippen LogP contribution in [0.1, 0.15) is 16.7 Å². The fourth-order valence-corrected chi connectivity index (χ4v) is 3.13. The number of ether oxygens (including phenoxy) is 1. The molecule has 2 aromatic rings. The van der Waals surface area contributed by atoms with Crippen molar-refractivity contribution in [1.82, 2.24) is 0 Å². The molecular formula is C20H21BrN2O3. The number of nitrogens with one attached hydrogen (secondary N) is 2. The molecule has 0 bridgehead atoms. The number of rotatable bonds is 6. The van der Waals surface area contributed by atoms with E-state index in [2.05, 4.69) is 33.1 Å². The lowest BCUT2D eigenvalue weighted by Gasteiger charge is -2.17. The molecule has 0 aliphatic rings. The molecule has 136 valence electrons. The summed E-state index contributed by atoms with van der Waals surface area (Å²) in [7, 11) is 1.58. The van der Waals surface area contributed by atoms with E-state index in [-0.39, 0.29) is 18.2 Å². The van der Waals surface area contributed by atoms with E-state index in [0.29, 0.717) is 17.1 Å². The van der Waals surface area contributed by atoms with Gasteiger partial charge in [-0.2, -0.15) is 0 Å². The Kier molecular flexibility index (Phi) is 6.58. The third-order valence-electron chi connectivity index (χ3n) is 3.87. The Bertz CT molecular complexity index is 862. The van der Waals surface area contributed by atoms with Crippen molar-refractivity contribution in [2.45, 2.75) is 20.3 Å². The van der Waals surface area contributed by atoms with Crippen LogP contribution in [0.15, 0.2) is 47.5 Å². The molecule has 0 aliphatic heterocycles. The Morgan fingerprint density at radius 3 is 2.62 bits per heavy atom. The van der Waals surface area contributed by atoms with E-state index in [1.165, 1.54) is 6.08 Å². The summed E-state index contributed by atoms with van der Waals surface area (Å²) in [6.07, 6.45) is 1.37. The van der Waals surface area contributed by atoms with Crippen molar-refractivity contribution in [1.29, 1.82) is 0 Å². The summed E-state index contributed by atoms with van der Waals surface area (Å²) in [5.41, 5.74) is 3.88. The SMILES string of the molecule is C=CC(=O)Nc1cccc(CC(=O)Nc2c(C)c(Br)cc(C)c2OC)c1. The standard InChI is InChI=1S/C20H21BrN2O3/c1-5-17(24)22-15-8-6-7-14(10-15)11-18(25)23-19-13(3)16(21)9-12(2)20(19)26-4/h5-10H,1,11H2,2-4H3,(H,22,24)(H,23,25). The number of hydrogen-bond donors (Lipinski definition) is 2. The summed E-state index contributed by atoms with van der Waals surface area (Å²) in [6.45, 7) is 7.25. The highest BCUT2D eigenvalue weighted by molar-refractivity contribution is 9.10. The molecule has 0 radical (unpaired) electrons. The van der Waals surface area contributed by atoms with Crippen molar-refractivity contribution in [3.63, 3.8) is 0 Å². The maximum absolute atomic E-state index is 12.5. The van der Waals surface area contributed by atoms with E-state index in [9.17, 15) is 9.59 Å². The zero-order chi connectivity index (χ0) is 19.3. The molecule has 0 saturated carbocycles. The Hall–Kier alpha value is -2.60. The second kappa shape index (κ2) is 8.67. The van der Waals surface area contributed by atoms with Crippen molar-refractivity contribution in [3.05, 3.63) is 64.1 Å². The molecule has 0 atom stereocenters. The van der Waals surface area contributed by atoms with Crippen LogP contribution in [0.3, 0.4) is 0 Å². The first-order valence-corrected chi connectivity index (χ1v) is 8.81. The monoisotopic (exact) mass is 416 g/mol. The van der Waals surface area contributed by atoms with Gasteiger partial charge in [0.2, 0.25) is 11.8 Å². The molecule has 0 saturated heterocycles. The molecular weight excluding hydrogens is 396 g/mol. The number of methoxy groups -OCH3 is 1. The van der Waals surface area contributed by atoms with Crippen LogP contribution in [0.25, 0.3) is 0 Å². The number of hydrogen-bond acceptors (Lipinski definition) is 3. The fraction of sp³-hybridized carbons (Fsp3) is 0.200. The van der Waals surface area contributed by atoms with Gasteiger partial charge in [-0.15, -0.1) is 0 Å². The zero-order valence-corrected chi connectivity index (χ0v) is 16.6. The fourth-order valence-electron chi connectivity index (χ4n) is 2.59. The lowest BCUT2D eigenvalue weighted by atomic mass is 10.1. The van der Waals surface area contributed by atoms with Gasteiger partial charge in [-0.3, -0.25) is 9.59 Å². The van der Waals surface area contributed by atoms with Crippen LogP contribution in [0, 0.1) is 13.8 Å². The van der Waals surface area contributed by atoms with Crippen LogP contribution in [0.5, 0.6) is 5.75 Å². The third-order valence-corrected chi connectivity index (χ3v) is 4.70. The third kappa shape index (κ3) is 4.73. The average Bonchev–Trinajstić information content (AvgIpc) is 2.59. The summed E-state index contributed by atoms with van der Waals surface area (Å²) in [5.74, 6) is 0.179. The molecule has 0 unspecified atom stereocenters. The number of aryl methyl sites for hydroxylation is 1. The molecule has 5 nitrogen and oxygen atoms in total. The van der Waals surface area contributed by atoms with Crippen molar-refractivity contribution in [2.24, 2.45) is 0 Å². The minimum Gasteiger partial charge on any atom is -0.494 e. The van der Waals surface area contributed by atoms with Gasteiger partial charge in [-0.1, -0.05) is 34.6 Å². The molecule has 0 spiro atoms. The smallest absolute Gasteiger partial charge is 0.247 e. The van der Waals surface area contributed by atoms with Crippen LogP contribution in [0.2, 0.25) is 0 Å². The summed E-state index contributed by atoms with van der Waals surface area (Å²) in [4.78, 5) is 23.9. The minimum atomic E-state index is -0.295. The van der Waals surface area contributed by atoms with Crippen molar-refractivity contribution in [2.75, 3.05) is 17.7 Å². The normalized spacial score (nSPS) is 10.2. The highest BCUT2D eigenvalue weighted by Crippen LogP contribution is 2.36. The molecule has 2 amide bonds. The van der Waals surface area contributed by atoms with E-state index in [1.807, 2.05) is 26.0 Å². The lowest BCUT2D eigenvalue weighted by Crippen LogP contribution is -2.16. The van der Waals surface area contributed by atoms with E-state index in [1.54, 1.807) is 25.3 Å². The summed E-state index contributed by atoms with van der Waals surface area (Å²) in [6, 6.07) is 9.09. The summed E-state index contributed by atoms with van der Waals surface area (Å²) in [5, 5.41) is 5.62. The van der Waals surface area contributed by atoms with E-state index in [4.69, 9.17) is 4.74 Å². The topological polar surface area (TPSA) is 67.4 Å². The molecule has 0 aliphatic carbocycles. The Labute approximate surface area is 161 Å². The maximum atomic E-state index is 12.5. The van der Waals surface area contributed by atoms with Crippen LogP contribution in [-0.4, -0.2) is 18.9 Å². The average molecular weight is 417 g/mol. The van der Waals surface area contributed by atoms with Crippen molar-refractivity contribution in [3.8, 4) is 5.75 Å². The van der Waals surface area contributed by atoms with Gasteiger partial charge >= 0.3 is 0 Å². The summed E-state index contributed by atoms with van der Waals surface area (Å²) < 4.78 is 6.35. The second-order valence-corrected chi connectivity index (χ2v) is 6.68. The van der Waals surface area contributed by atoms with Crippen molar-refractivity contribution < 1.29 is 14.3 Å². The van der Waals surface area contributed by atoms with Gasteiger partial charge in [0.15, 0.2) is 0 Å². The van der Waals surface area contributed by atoms with E-state index >= 15 is 0 Å². The van der Waals surface area contributed by atoms with Gasteiger partial charge in [-0.25, -0.2) is 0 Å². The number of benzene rings is 2. The Morgan fingerprint density at radius 2 is 1.96 bits per heavy atom. The molecule has 0 fully saturated rings. The molecule has 6 heteroatoms. The first-order valence-electron chi connectivity index (χ1n) is 8.01. The van der Waals surface area contributed by atoms with Gasteiger partial charge in [0, 0.05) is 10.2 Å². The van der Waals surface area contributed by atoms with Crippen LogP contribution in [-0.2, 0) is 16.0 Å². The van der Waals surface area contributed by atoms with Crippen LogP contribution >= 0.6 is 15.9 Å². The highest BCUT2D eigenvalue weighted by Gasteiger charge is 2.16. The van der Waals surface area contributed by atoms with Gasteiger partial charge in [0.25, 0.3) is 0 Å². The molecule has 2 aromatic carbocycles. The van der Waals surface area contributed by atoms with Gasteiger partial charge < -0.3 is 15.4 Å². The molecule has 0 aromatic heterocycles. The number of carbonyl (C=O) groups is 2. The first-order chi connectivity index (χ1) is 12.3. The maximum Gasteiger partial charge on any atom is 0.247 e. The van der Waals surface area contributed by atoms with Crippen LogP contribution < -0.4 is 15.4 Å². The number of amides is 2. The molecule has 2 rings (SSSR count).